The molecule has 6 aliphatic rings. The molecular weight excluding hydrogens is 709 g/mol. The zero-order valence-corrected chi connectivity index (χ0v) is 30.1. The average Bonchev–Trinajstić information content (AvgIpc) is 3.74. The van der Waals surface area contributed by atoms with Gasteiger partial charge in [-0.05, 0) is 46.3 Å². The van der Waals surface area contributed by atoms with Gasteiger partial charge in [0.15, 0.2) is 0 Å². The molecule has 0 nitrogen and oxygen atoms in total. The maximum atomic E-state index is 4.05. The van der Waals surface area contributed by atoms with Crippen molar-refractivity contribution < 1.29 is 0 Å². The van der Waals surface area contributed by atoms with Gasteiger partial charge < -0.3 is 0 Å². The predicted octanol–water partition coefficient (Wildman–Crippen LogP) is 14.4. The zero-order valence-electron chi connectivity index (χ0n) is 20.3. The Balaban J connectivity index is 1.10. The number of thioether (sulfide) groups is 12. The molecule has 0 N–H and O–H groups in total. The van der Waals surface area contributed by atoms with Crippen molar-refractivity contribution in [2.45, 2.75) is 19.3 Å². The van der Waals surface area contributed by atoms with E-state index in [1.807, 2.05) is 159 Å². The molecule has 0 fully saturated rings. The lowest BCUT2D eigenvalue weighted by molar-refractivity contribution is 1.37. The third kappa shape index (κ3) is 7.09. The molecule has 0 bridgehead atoms. The van der Waals surface area contributed by atoms with Crippen molar-refractivity contribution in [1.29, 1.82) is 0 Å². The Kier molecular flexibility index (Phi) is 11.0. The highest BCUT2D eigenvalue weighted by Gasteiger charge is 2.33. The van der Waals surface area contributed by atoms with Crippen LogP contribution in [0.5, 0.6) is 0 Å². The molecule has 0 amide bonds. The first kappa shape index (κ1) is 30.1. The quantitative estimate of drug-likeness (QED) is 0.218. The van der Waals surface area contributed by atoms with Crippen LogP contribution in [0.25, 0.3) is 0 Å². The lowest BCUT2D eigenvalue weighted by Gasteiger charge is -2.06. The van der Waals surface area contributed by atoms with Crippen molar-refractivity contribution in [3.63, 3.8) is 0 Å². The lowest BCUT2D eigenvalue weighted by Crippen LogP contribution is -1.79. The van der Waals surface area contributed by atoms with Gasteiger partial charge in [0.05, 0.1) is 25.4 Å². The van der Waals surface area contributed by atoms with Gasteiger partial charge in [0.2, 0.25) is 0 Å². The summed E-state index contributed by atoms with van der Waals surface area (Å²) in [5.74, 6) is 0. The van der Waals surface area contributed by atoms with E-state index in [-0.39, 0.29) is 0 Å². The number of hydrogen-bond donors (Lipinski definition) is 0. The van der Waals surface area contributed by atoms with E-state index in [2.05, 4.69) is 46.8 Å². The molecule has 6 heterocycles. The van der Waals surface area contributed by atoms with E-state index in [0.29, 0.717) is 0 Å². The van der Waals surface area contributed by atoms with Crippen LogP contribution in [0.15, 0.2) is 125 Å². The Morgan fingerprint density at radius 3 is 1.41 bits per heavy atom. The fraction of sp³-hybridized carbons (Fsp3) is 0.111. The Labute approximate surface area is 281 Å². The monoisotopic (exact) mass is 728 g/mol. The molecule has 0 spiro atoms. The van der Waals surface area contributed by atoms with Crippen LogP contribution in [0.4, 0.5) is 0 Å². The molecule has 0 atom stereocenters. The molecule has 12 heteroatoms. The maximum absolute atomic E-state index is 4.05. The molecule has 0 unspecified atom stereocenters. The van der Waals surface area contributed by atoms with Crippen LogP contribution in [0.2, 0.25) is 0 Å². The fourth-order valence-electron chi connectivity index (χ4n) is 3.43. The van der Waals surface area contributed by atoms with Crippen molar-refractivity contribution in [1.82, 2.24) is 0 Å². The number of allylic oxidation sites excluding steroid dienone is 6. The summed E-state index contributed by atoms with van der Waals surface area (Å²) < 4.78 is 8.43. The second kappa shape index (κ2) is 14.2. The molecule has 0 aromatic carbocycles. The first-order valence-corrected chi connectivity index (χ1v) is 21.6. The molecule has 200 valence electrons. The first-order valence-electron chi connectivity index (χ1n) is 11.5. The van der Waals surface area contributed by atoms with Crippen molar-refractivity contribution in [3.8, 4) is 0 Å². The molecular formula is C27H20S12. The number of hydrogen-bond acceptors (Lipinski definition) is 12. The standard InChI is InChI=1S/C27H20S12/c1-4-7-15-10-28-22(33-15)24-30-12-18(36-24)19-13-31-26(37-19)27-35-17(9-6-3)21(39-27)20-14-32-25(38-20)23-29-11-16(34-23)8-5-2/h4-6,10-14H,1-3,7-9H2/b24-22+,25-23+,27-26+. The van der Waals surface area contributed by atoms with Gasteiger partial charge in [-0.25, -0.2) is 0 Å². The van der Waals surface area contributed by atoms with Gasteiger partial charge in [-0.1, -0.05) is 159 Å². The molecule has 0 saturated heterocycles. The molecule has 0 saturated carbocycles. The van der Waals surface area contributed by atoms with Gasteiger partial charge >= 0.3 is 0 Å². The smallest absolute Gasteiger partial charge is 0.0703 e. The summed E-state index contributed by atoms with van der Waals surface area (Å²) in [6.07, 6.45) is 8.83. The third-order valence-electron chi connectivity index (χ3n) is 5.12. The fourth-order valence-corrected chi connectivity index (χ4v) is 19.1. The van der Waals surface area contributed by atoms with Gasteiger partial charge in [0.1, 0.15) is 0 Å². The van der Waals surface area contributed by atoms with Crippen LogP contribution < -0.4 is 0 Å². The highest BCUT2D eigenvalue weighted by Crippen LogP contribution is 2.66. The zero-order chi connectivity index (χ0) is 26.8. The summed E-state index contributed by atoms with van der Waals surface area (Å²) in [5.41, 5.74) is 0. The normalized spacial score (nSPS) is 28.7. The van der Waals surface area contributed by atoms with Gasteiger partial charge in [0, 0.05) is 34.3 Å². The Bertz CT molecular complexity index is 1430. The second-order valence-electron chi connectivity index (χ2n) is 7.87. The summed E-state index contributed by atoms with van der Waals surface area (Å²) in [6, 6.07) is 0. The van der Waals surface area contributed by atoms with Crippen molar-refractivity contribution in [2.75, 3.05) is 0 Å². The first-order chi connectivity index (χ1) is 19.1. The highest BCUT2D eigenvalue weighted by molar-refractivity contribution is 8.37. The molecule has 0 aromatic heterocycles. The van der Waals surface area contributed by atoms with E-state index in [1.165, 1.54) is 59.8 Å². The molecule has 0 radical (unpaired) electrons. The third-order valence-corrected chi connectivity index (χ3v) is 21.7. The lowest BCUT2D eigenvalue weighted by atomic mass is 10.3. The average molecular weight is 729 g/mol. The summed E-state index contributed by atoms with van der Waals surface area (Å²) in [4.78, 5) is 9.74. The van der Waals surface area contributed by atoms with Crippen molar-refractivity contribution >= 4 is 141 Å². The highest BCUT2D eigenvalue weighted by atomic mass is 32.2. The summed E-state index contributed by atoms with van der Waals surface area (Å²) >= 11 is 22.8. The van der Waals surface area contributed by atoms with Crippen LogP contribution in [-0.4, -0.2) is 0 Å². The molecule has 0 aromatic rings. The van der Waals surface area contributed by atoms with Gasteiger partial charge in [-0.15, -0.1) is 19.7 Å². The van der Waals surface area contributed by atoms with E-state index in [9.17, 15) is 0 Å². The molecule has 0 aliphatic carbocycles. The van der Waals surface area contributed by atoms with Gasteiger partial charge in [-0.3, -0.25) is 0 Å². The Morgan fingerprint density at radius 1 is 0.436 bits per heavy atom. The largest absolute Gasteiger partial charge is 0.103 e. The van der Waals surface area contributed by atoms with Crippen LogP contribution in [0.3, 0.4) is 0 Å². The van der Waals surface area contributed by atoms with E-state index in [4.69, 9.17) is 0 Å². The minimum atomic E-state index is 0.911. The maximum Gasteiger partial charge on any atom is 0.0703 e. The minimum absolute atomic E-state index is 0.911. The topological polar surface area (TPSA) is 0 Å². The van der Waals surface area contributed by atoms with E-state index in [1.54, 1.807) is 0 Å². The Hall–Kier alpha value is 1.08. The van der Waals surface area contributed by atoms with Crippen molar-refractivity contribution in [3.05, 3.63) is 125 Å². The summed E-state index contributed by atoms with van der Waals surface area (Å²) in [6.45, 7) is 11.8. The minimum Gasteiger partial charge on any atom is -0.103 e. The van der Waals surface area contributed by atoms with E-state index in [0.717, 1.165) is 19.3 Å². The molecule has 6 aliphatic heterocycles. The number of rotatable bonds is 8. The van der Waals surface area contributed by atoms with Crippen LogP contribution >= 0.6 is 141 Å². The van der Waals surface area contributed by atoms with Crippen LogP contribution in [0, 0.1) is 0 Å². The Morgan fingerprint density at radius 2 is 0.872 bits per heavy atom. The molecule has 39 heavy (non-hydrogen) atoms. The van der Waals surface area contributed by atoms with E-state index < -0.39 is 0 Å². The van der Waals surface area contributed by atoms with Gasteiger partial charge in [0.25, 0.3) is 0 Å². The van der Waals surface area contributed by atoms with Crippen LogP contribution in [-0.2, 0) is 0 Å². The van der Waals surface area contributed by atoms with Crippen LogP contribution in [0.1, 0.15) is 19.3 Å². The predicted molar refractivity (Wildman–Crippen MR) is 204 cm³/mol. The van der Waals surface area contributed by atoms with Crippen molar-refractivity contribution in [2.24, 2.45) is 0 Å². The summed E-state index contributed by atoms with van der Waals surface area (Å²) in [7, 11) is 0. The molecule has 6 rings (SSSR count). The second-order valence-corrected chi connectivity index (χ2v) is 21.4. The SMILES string of the molecule is C=CCC1=CS/C(=C2/SC=C(C3=CS/C(=C4/SC(CC=C)=C(C5=CS/C(=C6/SC=C(CC=C)S6)S5)S4)S3)S2)S1. The van der Waals surface area contributed by atoms with Gasteiger partial charge in [-0.2, -0.15) is 0 Å². The summed E-state index contributed by atoms with van der Waals surface area (Å²) in [5, 5.41) is 11.6. The van der Waals surface area contributed by atoms with E-state index >= 15 is 0 Å².